The van der Waals surface area contributed by atoms with Gasteiger partial charge >= 0.3 is 0 Å². The van der Waals surface area contributed by atoms with E-state index in [1.165, 1.54) is 10.6 Å². The van der Waals surface area contributed by atoms with E-state index in [9.17, 15) is 18.0 Å². The monoisotopic (exact) mass is 420 g/mol. The van der Waals surface area contributed by atoms with E-state index in [4.69, 9.17) is 0 Å². The summed E-state index contributed by atoms with van der Waals surface area (Å²) in [5, 5.41) is 0. The molecule has 0 N–H and O–H groups in total. The summed E-state index contributed by atoms with van der Waals surface area (Å²) >= 11 is 0. The van der Waals surface area contributed by atoms with Crippen molar-refractivity contribution in [2.45, 2.75) is 37.6 Å². The number of amides is 2. The van der Waals surface area contributed by atoms with Crippen molar-refractivity contribution in [3.63, 3.8) is 0 Å². The SMILES string of the molecule is CN1C(=O)C2(CCN(S(C)(=O)=O)CC2)CC12CCN(C(=O)c1ccncc1)CC2. The molecule has 8 nitrogen and oxygen atoms in total. The maximum Gasteiger partial charge on any atom is 0.253 e. The molecule has 0 atom stereocenters. The molecule has 0 bridgehead atoms. The Bertz CT molecular complexity index is 902. The van der Waals surface area contributed by atoms with Gasteiger partial charge in [-0.1, -0.05) is 0 Å². The highest BCUT2D eigenvalue weighted by Crippen LogP contribution is 2.52. The Balaban J connectivity index is 1.45. The van der Waals surface area contributed by atoms with E-state index in [0.717, 1.165) is 19.3 Å². The Kier molecular flexibility index (Phi) is 4.93. The molecular formula is C20H28N4O4S. The van der Waals surface area contributed by atoms with Gasteiger partial charge in [0.15, 0.2) is 0 Å². The zero-order valence-electron chi connectivity index (χ0n) is 17.0. The second-order valence-electron chi connectivity index (χ2n) is 8.74. The predicted molar refractivity (Wildman–Crippen MR) is 108 cm³/mol. The number of sulfonamides is 1. The standard InChI is InChI=1S/C20H28N4O4S/c1-22-18(26)19(5-13-24(14-6-19)29(2,27)28)15-20(22)7-11-23(12-8-20)17(25)16-3-9-21-10-4-16/h3-4,9-10H,5-8,11-15H2,1-2H3. The first-order valence-electron chi connectivity index (χ1n) is 10.1. The summed E-state index contributed by atoms with van der Waals surface area (Å²) in [6, 6.07) is 3.45. The lowest BCUT2D eigenvalue weighted by atomic mass is 9.71. The zero-order valence-corrected chi connectivity index (χ0v) is 17.8. The summed E-state index contributed by atoms with van der Waals surface area (Å²) in [5.74, 6) is 0.143. The third-order valence-corrected chi connectivity index (χ3v) is 8.50. The maximum absolute atomic E-state index is 13.2. The van der Waals surface area contributed by atoms with Crippen molar-refractivity contribution in [1.29, 1.82) is 0 Å². The van der Waals surface area contributed by atoms with Crippen LogP contribution in [-0.4, -0.2) is 84.3 Å². The highest BCUT2D eigenvalue weighted by Gasteiger charge is 2.59. The second-order valence-corrected chi connectivity index (χ2v) is 10.7. The minimum atomic E-state index is -3.22. The molecule has 3 aliphatic heterocycles. The first-order chi connectivity index (χ1) is 13.7. The van der Waals surface area contributed by atoms with Gasteiger partial charge in [0.2, 0.25) is 15.9 Å². The van der Waals surface area contributed by atoms with E-state index in [1.807, 2.05) is 16.8 Å². The molecule has 1 aromatic rings. The Morgan fingerprint density at radius 3 is 2.17 bits per heavy atom. The summed E-state index contributed by atoms with van der Waals surface area (Å²) in [6.45, 7) is 2.04. The Labute approximate surface area is 171 Å². The number of carbonyl (C=O) groups is 2. The summed E-state index contributed by atoms with van der Waals surface area (Å²) < 4.78 is 25.2. The third kappa shape index (κ3) is 3.44. The smallest absolute Gasteiger partial charge is 0.253 e. The van der Waals surface area contributed by atoms with E-state index >= 15 is 0 Å². The highest BCUT2D eigenvalue weighted by molar-refractivity contribution is 7.88. The van der Waals surface area contributed by atoms with Crippen molar-refractivity contribution in [3.05, 3.63) is 30.1 Å². The molecule has 29 heavy (non-hydrogen) atoms. The number of hydrogen-bond acceptors (Lipinski definition) is 5. The van der Waals surface area contributed by atoms with Crippen LogP contribution in [0.2, 0.25) is 0 Å². The number of piperidine rings is 2. The van der Waals surface area contributed by atoms with Gasteiger partial charge in [0.1, 0.15) is 0 Å². The molecule has 9 heteroatoms. The lowest BCUT2D eigenvalue weighted by Gasteiger charge is -2.44. The van der Waals surface area contributed by atoms with Gasteiger partial charge in [0.05, 0.1) is 11.7 Å². The van der Waals surface area contributed by atoms with Crippen molar-refractivity contribution >= 4 is 21.8 Å². The lowest BCUT2D eigenvalue weighted by Crippen LogP contribution is -2.52. The molecule has 0 saturated carbocycles. The molecule has 158 valence electrons. The van der Waals surface area contributed by atoms with Crippen molar-refractivity contribution in [1.82, 2.24) is 19.1 Å². The van der Waals surface area contributed by atoms with Gasteiger partial charge in [0.25, 0.3) is 5.91 Å². The first-order valence-corrected chi connectivity index (χ1v) is 11.9. The lowest BCUT2D eigenvalue weighted by molar-refractivity contribution is -0.138. The van der Waals surface area contributed by atoms with Crippen LogP contribution in [0.15, 0.2) is 24.5 Å². The number of rotatable bonds is 2. The molecule has 4 heterocycles. The minimum absolute atomic E-state index is 0.00500. The van der Waals surface area contributed by atoms with Crippen LogP contribution in [0.4, 0.5) is 0 Å². The van der Waals surface area contributed by atoms with Crippen LogP contribution in [0.3, 0.4) is 0 Å². The van der Waals surface area contributed by atoms with Gasteiger partial charge < -0.3 is 9.80 Å². The van der Waals surface area contributed by atoms with E-state index < -0.39 is 15.4 Å². The van der Waals surface area contributed by atoms with Crippen LogP contribution in [0.5, 0.6) is 0 Å². The van der Waals surface area contributed by atoms with Gasteiger partial charge in [-0.25, -0.2) is 12.7 Å². The van der Waals surface area contributed by atoms with Gasteiger partial charge in [-0.15, -0.1) is 0 Å². The van der Waals surface area contributed by atoms with Crippen LogP contribution in [-0.2, 0) is 14.8 Å². The molecule has 0 aromatic carbocycles. The molecule has 2 spiro atoms. The maximum atomic E-state index is 13.2. The Hall–Kier alpha value is -2.00. The van der Waals surface area contributed by atoms with Crippen LogP contribution in [0, 0.1) is 5.41 Å². The van der Waals surface area contributed by atoms with Crippen LogP contribution < -0.4 is 0 Å². The van der Waals surface area contributed by atoms with Gasteiger partial charge in [-0.3, -0.25) is 14.6 Å². The Morgan fingerprint density at radius 2 is 1.62 bits per heavy atom. The molecular weight excluding hydrogens is 392 g/mol. The molecule has 3 aliphatic rings. The molecule has 2 amide bonds. The number of pyridine rings is 1. The topological polar surface area (TPSA) is 90.9 Å². The summed E-state index contributed by atoms with van der Waals surface area (Å²) in [4.78, 5) is 33.7. The number of likely N-dealkylation sites (tertiary alicyclic amines) is 2. The first kappa shape index (κ1) is 20.3. The van der Waals surface area contributed by atoms with Gasteiger partial charge in [-0.2, -0.15) is 0 Å². The van der Waals surface area contributed by atoms with Gasteiger partial charge in [0, 0.05) is 56.7 Å². The van der Waals surface area contributed by atoms with E-state index in [2.05, 4.69) is 4.98 Å². The van der Waals surface area contributed by atoms with Crippen molar-refractivity contribution in [3.8, 4) is 0 Å². The largest absolute Gasteiger partial charge is 0.339 e. The van der Waals surface area contributed by atoms with E-state index in [-0.39, 0.29) is 17.4 Å². The normalized spacial score (nSPS) is 24.4. The molecule has 0 radical (unpaired) electrons. The third-order valence-electron chi connectivity index (χ3n) is 7.19. The second kappa shape index (κ2) is 7.05. The number of hydrogen-bond donors (Lipinski definition) is 0. The number of carbonyl (C=O) groups excluding carboxylic acids is 2. The average molecular weight is 421 g/mol. The molecule has 3 fully saturated rings. The molecule has 0 aliphatic carbocycles. The summed E-state index contributed by atoms with van der Waals surface area (Å²) in [6.07, 6.45) is 7.88. The number of aromatic nitrogens is 1. The average Bonchev–Trinajstić information content (AvgIpc) is 2.90. The van der Waals surface area contributed by atoms with Crippen LogP contribution in [0.1, 0.15) is 42.5 Å². The fourth-order valence-electron chi connectivity index (χ4n) is 5.35. The fraction of sp³-hybridized carbons (Fsp3) is 0.650. The quantitative estimate of drug-likeness (QED) is 0.711. The minimum Gasteiger partial charge on any atom is -0.339 e. The van der Waals surface area contributed by atoms with Gasteiger partial charge in [-0.05, 0) is 44.2 Å². The summed E-state index contributed by atoms with van der Waals surface area (Å²) in [7, 11) is -1.34. The molecule has 3 saturated heterocycles. The zero-order chi connectivity index (χ0) is 20.9. The van der Waals surface area contributed by atoms with Crippen LogP contribution >= 0.6 is 0 Å². The van der Waals surface area contributed by atoms with E-state index in [0.29, 0.717) is 44.6 Å². The summed E-state index contributed by atoms with van der Waals surface area (Å²) in [5.41, 5.74) is -0.0662. The number of nitrogens with zero attached hydrogens (tertiary/aromatic N) is 4. The van der Waals surface area contributed by atoms with Crippen LogP contribution in [0.25, 0.3) is 0 Å². The predicted octanol–water partition coefficient (Wildman–Crippen LogP) is 0.960. The Morgan fingerprint density at radius 1 is 1.03 bits per heavy atom. The molecule has 1 aromatic heterocycles. The fourth-order valence-corrected chi connectivity index (χ4v) is 6.19. The van der Waals surface area contributed by atoms with E-state index in [1.54, 1.807) is 24.5 Å². The van der Waals surface area contributed by atoms with Crippen molar-refractivity contribution in [2.75, 3.05) is 39.5 Å². The molecule has 4 rings (SSSR count). The van der Waals surface area contributed by atoms with Crippen molar-refractivity contribution < 1.29 is 18.0 Å². The van der Waals surface area contributed by atoms with Crippen molar-refractivity contribution in [2.24, 2.45) is 5.41 Å². The molecule has 0 unspecified atom stereocenters. The highest BCUT2D eigenvalue weighted by atomic mass is 32.2.